The van der Waals surface area contributed by atoms with Crippen LogP contribution < -0.4 is 16.1 Å². The number of piperidine rings is 1. The number of nitrogens with one attached hydrogen (secondary N) is 3. The molecule has 0 spiro atoms. The normalized spacial score (nSPS) is 24.9. The number of halogens is 1. The van der Waals surface area contributed by atoms with Crippen LogP contribution in [0.15, 0.2) is 40.6 Å². The third kappa shape index (κ3) is 3.63. The van der Waals surface area contributed by atoms with Crippen molar-refractivity contribution >= 4 is 5.91 Å². The van der Waals surface area contributed by atoms with E-state index in [1.54, 1.807) is 18.2 Å². The molecule has 2 saturated heterocycles. The molecule has 0 saturated carbocycles. The molecule has 152 valence electrons. The minimum atomic E-state index is -0.273. The Morgan fingerprint density at radius 1 is 1.21 bits per heavy atom. The second kappa shape index (κ2) is 7.57. The zero-order chi connectivity index (χ0) is 19.8. The Bertz CT molecular complexity index is 921. The number of carbonyl (C=O) groups excluding carboxylic acids is 1. The lowest BCUT2D eigenvalue weighted by Crippen LogP contribution is -2.53. The molecule has 9 heteroatoms. The highest BCUT2D eigenvalue weighted by Crippen LogP contribution is 2.34. The van der Waals surface area contributed by atoms with Crippen LogP contribution in [0.25, 0.3) is 0 Å². The first-order valence-electron chi connectivity index (χ1n) is 10.00. The molecule has 1 aromatic carbocycles. The van der Waals surface area contributed by atoms with Gasteiger partial charge in [0, 0.05) is 30.7 Å². The van der Waals surface area contributed by atoms with E-state index in [1.165, 1.54) is 12.1 Å². The van der Waals surface area contributed by atoms with Crippen LogP contribution in [-0.4, -0.2) is 46.9 Å². The van der Waals surface area contributed by atoms with E-state index < -0.39 is 0 Å². The Balaban J connectivity index is 1.33. The van der Waals surface area contributed by atoms with Crippen molar-refractivity contribution in [3.8, 4) is 0 Å². The van der Waals surface area contributed by atoms with E-state index in [4.69, 9.17) is 4.52 Å². The molecule has 0 bridgehead atoms. The minimum absolute atomic E-state index is 0.0838. The highest BCUT2D eigenvalue weighted by Gasteiger charge is 2.44. The van der Waals surface area contributed by atoms with E-state index >= 15 is 0 Å². The van der Waals surface area contributed by atoms with E-state index in [-0.39, 0.29) is 23.8 Å². The standard InChI is InChI=1S/C20H23FN6O2/c21-14-3-1-12(2-4-14)9-17-24-20(29-26-17)15-11-23-27-16(10-18(28)25-19(15)27)13-5-7-22-8-6-13/h1-4,10,13,15,19,22-23H,5-9,11H2,(H,25,28). The van der Waals surface area contributed by atoms with Gasteiger partial charge in [-0.1, -0.05) is 17.3 Å². The van der Waals surface area contributed by atoms with Crippen molar-refractivity contribution in [2.45, 2.75) is 31.3 Å². The van der Waals surface area contributed by atoms with E-state index in [2.05, 4.69) is 31.2 Å². The molecule has 0 radical (unpaired) electrons. The molecule has 1 amide bonds. The summed E-state index contributed by atoms with van der Waals surface area (Å²) in [5.74, 6) is 0.895. The summed E-state index contributed by atoms with van der Waals surface area (Å²) in [4.78, 5) is 16.9. The van der Waals surface area contributed by atoms with Gasteiger partial charge in [-0.3, -0.25) is 9.80 Å². The quantitative estimate of drug-likeness (QED) is 0.708. The summed E-state index contributed by atoms with van der Waals surface area (Å²) in [5, 5.41) is 12.5. The molecular weight excluding hydrogens is 375 g/mol. The molecule has 29 heavy (non-hydrogen) atoms. The van der Waals surface area contributed by atoms with Crippen LogP contribution in [0.3, 0.4) is 0 Å². The predicted molar refractivity (Wildman–Crippen MR) is 102 cm³/mol. The molecule has 4 heterocycles. The topological polar surface area (TPSA) is 95.3 Å². The maximum Gasteiger partial charge on any atom is 0.247 e. The smallest absolute Gasteiger partial charge is 0.247 e. The molecule has 3 aliphatic rings. The van der Waals surface area contributed by atoms with Crippen LogP contribution in [-0.2, 0) is 11.2 Å². The van der Waals surface area contributed by atoms with Crippen LogP contribution in [0.1, 0.15) is 36.0 Å². The third-order valence-corrected chi connectivity index (χ3v) is 5.82. The number of aromatic nitrogens is 2. The summed E-state index contributed by atoms with van der Waals surface area (Å²) in [5.41, 5.74) is 5.35. The van der Waals surface area contributed by atoms with Gasteiger partial charge in [-0.15, -0.1) is 0 Å². The number of hydrazine groups is 1. The van der Waals surface area contributed by atoms with Gasteiger partial charge in [0.2, 0.25) is 11.8 Å². The average Bonchev–Trinajstić information content (AvgIpc) is 3.36. The second-order valence-electron chi connectivity index (χ2n) is 7.74. The van der Waals surface area contributed by atoms with Gasteiger partial charge < -0.3 is 15.2 Å². The molecule has 5 rings (SSSR count). The van der Waals surface area contributed by atoms with Gasteiger partial charge in [0.1, 0.15) is 12.0 Å². The lowest BCUT2D eigenvalue weighted by molar-refractivity contribution is -0.119. The van der Waals surface area contributed by atoms with Crippen molar-refractivity contribution in [3.05, 3.63) is 59.1 Å². The Kier molecular flexibility index (Phi) is 4.76. The van der Waals surface area contributed by atoms with E-state index in [0.717, 1.165) is 37.2 Å². The first-order chi connectivity index (χ1) is 14.2. The largest absolute Gasteiger partial charge is 0.339 e. The van der Waals surface area contributed by atoms with Crippen molar-refractivity contribution in [2.75, 3.05) is 19.6 Å². The zero-order valence-electron chi connectivity index (χ0n) is 15.9. The average molecular weight is 398 g/mol. The number of amides is 1. The summed E-state index contributed by atoms with van der Waals surface area (Å²) < 4.78 is 18.6. The monoisotopic (exact) mass is 398 g/mol. The molecule has 0 aliphatic carbocycles. The van der Waals surface area contributed by atoms with Gasteiger partial charge in [0.25, 0.3) is 0 Å². The Hall–Kier alpha value is -2.78. The lowest BCUT2D eigenvalue weighted by Gasteiger charge is -2.38. The fourth-order valence-electron chi connectivity index (χ4n) is 4.32. The zero-order valence-corrected chi connectivity index (χ0v) is 15.9. The summed E-state index contributed by atoms with van der Waals surface area (Å²) in [6.07, 6.45) is 3.94. The van der Waals surface area contributed by atoms with Crippen molar-refractivity contribution in [1.82, 2.24) is 31.2 Å². The highest BCUT2D eigenvalue weighted by atomic mass is 19.1. The maximum atomic E-state index is 13.1. The van der Waals surface area contributed by atoms with E-state index in [1.807, 2.05) is 0 Å². The fourth-order valence-corrected chi connectivity index (χ4v) is 4.32. The van der Waals surface area contributed by atoms with Crippen molar-refractivity contribution in [3.63, 3.8) is 0 Å². The van der Waals surface area contributed by atoms with Crippen LogP contribution in [0.2, 0.25) is 0 Å². The number of carbonyl (C=O) groups is 1. The number of hydrogen-bond acceptors (Lipinski definition) is 7. The summed E-state index contributed by atoms with van der Waals surface area (Å²) >= 11 is 0. The molecular formula is C20H23FN6O2. The Morgan fingerprint density at radius 3 is 2.79 bits per heavy atom. The Morgan fingerprint density at radius 2 is 2.00 bits per heavy atom. The highest BCUT2D eigenvalue weighted by molar-refractivity contribution is 5.89. The SMILES string of the molecule is O=C1C=C(C2CCNCC2)N2NCC(c3nc(Cc4ccc(F)cc4)no3)C2N1. The van der Waals surface area contributed by atoms with Gasteiger partial charge in [-0.05, 0) is 43.6 Å². The van der Waals surface area contributed by atoms with Crippen molar-refractivity contribution < 1.29 is 13.7 Å². The molecule has 2 aromatic rings. The van der Waals surface area contributed by atoms with Gasteiger partial charge in [-0.2, -0.15) is 4.98 Å². The maximum absolute atomic E-state index is 13.1. The number of allylic oxidation sites excluding steroid dienone is 1. The number of hydrogen-bond donors (Lipinski definition) is 3. The van der Waals surface area contributed by atoms with Crippen LogP contribution in [0, 0.1) is 11.7 Å². The second-order valence-corrected chi connectivity index (χ2v) is 7.74. The van der Waals surface area contributed by atoms with E-state index in [0.29, 0.717) is 30.6 Å². The predicted octanol–water partition coefficient (Wildman–Crippen LogP) is 1.04. The molecule has 1 aromatic heterocycles. The van der Waals surface area contributed by atoms with Crippen molar-refractivity contribution in [2.24, 2.45) is 5.92 Å². The van der Waals surface area contributed by atoms with E-state index in [9.17, 15) is 9.18 Å². The molecule has 3 aliphatic heterocycles. The summed E-state index contributed by atoms with van der Waals surface area (Å²) in [7, 11) is 0. The number of rotatable bonds is 4. The molecule has 8 nitrogen and oxygen atoms in total. The lowest BCUT2D eigenvalue weighted by atomic mass is 9.92. The first-order valence-corrected chi connectivity index (χ1v) is 10.00. The number of benzene rings is 1. The van der Waals surface area contributed by atoms with Gasteiger partial charge in [-0.25, -0.2) is 9.82 Å². The van der Waals surface area contributed by atoms with Crippen LogP contribution in [0.4, 0.5) is 4.39 Å². The molecule has 2 atom stereocenters. The third-order valence-electron chi connectivity index (χ3n) is 5.82. The van der Waals surface area contributed by atoms with Crippen LogP contribution in [0.5, 0.6) is 0 Å². The Labute approximate surface area is 167 Å². The van der Waals surface area contributed by atoms with Crippen molar-refractivity contribution in [1.29, 1.82) is 0 Å². The minimum Gasteiger partial charge on any atom is -0.339 e. The summed E-state index contributed by atoms with van der Waals surface area (Å²) in [6, 6.07) is 6.26. The number of fused-ring (bicyclic) bond motifs is 1. The molecule has 2 unspecified atom stereocenters. The fraction of sp³-hybridized carbons (Fsp3) is 0.450. The number of nitrogens with zero attached hydrogens (tertiary/aromatic N) is 3. The van der Waals surface area contributed by atoms with Gasteiger partial charge >= 0.3 is 0 Å². The van der Waals surface area contributed by atoms with Gasteiger partial charge in [0.15, 0.2) is 5.82 Å². The van der Waals surface area contributed by atoms with Gasteiger partial charge in [0.05, 0.1) is 5.92 Å². The first kappa shape index (κ1) is 18.3. The molecule has 3 N–H and O–H groups in total. The summed E-state index contributed by atoms with van der Waals surface area (Å²) in [6.45, 7) is 2.52. The molecule has 2 fully saturated rings. The van der Waals surface area contributed by atoms with Crippen LogP contribution >= 0.6 is 0 Å².